The Balaban J connectivity index is 2.12. The van der Waals surface area contributed by atoms with Crippen LogP contribution in [-0.4, -0.2) is 48.1 Å². The first-order chi connectivity index (χ1) is 9.04. The highest BCUT2D eigenvalue weighted by atomic mass is 32.2. The van der Waals surface area contributed by atoms with E-state index in [-0.39, 0.29) is 6.61 Å². The first-order valence-corrected chi connectivity index (χ1v) is 7.43. The number of esters is 1. The van der Waals surface area contributed by atoms with E-state index in [9.17, 15) is 13.2 Å². The van der Waals surface area contributed by atoms with Gasteiger partial charge in [-0.15, -0.1) is 0 Å². The lowest BCUT2D eigenvalue weighted by atomic mass is 10.2. The first kappa shape index (κ1) is 13.8. The number of rotatable bonds is 5. The minimum absolute atomic E-state index is 0.235. The fourth-order valence-corrected chi connectivity index (χ4v) is 3.44. The van der Waals surface area contributed by atoms with E-state index >= 15 is 0 Å². The Morgan fingerprint density at radius 2 is 2.47 bits per heavy atom. The molecule has 1 aromatic heterocycles. The van der Waals surface area contributed by atoms with E-state index < -0.39 is 22.2 Å². The zero-order valence-corrected chi connectivity index (χ0v) is 11.3. The van der Waals surface area contributed by atoms with Crippen LogP contribution in [0.5, 0.6) is 0 Å². The molecule has 0 spiro atoms. The number of hydrogen-bond acceptors (Lipinski definition) is 5. The minimum atomic E-state index is -3.77. The summed E-state index contributed by atoms with van der Waals surface area (Å²) in [5.41, 5.74) is 0.328. The lowest BCUT2D eigenvalue weighted by Crippen LogP contribution is -2.44. The number of aromatic amines is 1. The predicted octanol–water partition coefficient (Wildman–Crippen LogP) is 0.0939. The van der Waals surface area contributed by atoms with E-state index in [1.807, 2.05) is 0 Å². The molecule has 1 aromatic rings. The second-order valence-electron chi connectivity index (χ2n) is 4.11. The van der Waals surface area contributed by atoms with Crippen molar-refractivity contribution in [2.24, 2.45) is 0 Å². The maximum atomic E-state index is 12.2. The van der Waals surface area contributed by atoms with E-state index in [0.717, 1.165) is 4.31 Å². The highest BCUT2D eigenvalue weighted by Crippen LogP contribution is 2.23. The molecular formula is C10H16N4O4S. The molecule has 0 saturated carbocycles. The quantitative estimate of drug-likeness (QED) is 0.747. The van der Waals surface area contributed by atoms with Crippen LogP contribution in [0, 0.1) is 0 Å². The summed E-state index contributed by atoms with van der Waals surface area (Å²) in [6.07, 6.45) is 3.89. The number of anilines is 1. The van der Waals surface area contributed by atoms with Gasteiger partial charge in [-0.3, -0.25) is 14.6 Å². The van der Waals surface area contributed by atoms with Gasteiger partial charge in [0.15, 0.2) is 0 Å². The van der Waals surface area contributed by atoms with Gasteiger partial charge in [0.2, 0.25) is 0 Å². The monoisotopic (exact) mass is 288 g/mol. The second kappa shape index (κ2) is 5.57. The fourth-order valence-electron chi connectivity index (χ4n) is 2.02. The molecule has 1 saturated heterocycles. The standard InChI is InChI=1S/C10H16N4O4S/c1-2-18-10(15)9-4-3-5-14(9)19(16,17)13-8-6-11-12-7-8/h6-7,9,13H,2-5H2,1H3,(H,11,12). The molecule has 1 unspecified atom stereocenters. The van der Waals surface area contributed by atoms with Gasteiger partial charge in [0, 0.05) is 12.7 Å². The Labute approximate surface area is 111 Å². The molecule has 0 aromatic carbocycles. The zero-order chi connectivity index (χ0) is 13.9. The molecule has 0 amide bonds. The number of ether oxygens (including phenoxy) is 1. The van der Waals surface area contributed by atoms with Crippen molar-refractivity contribution in [1.82, 2.24) is 14.5 Å². The highest BCUT2D eigenvalue weighted by Gasteiger charge is 2.39. The number of hydrogen-bond donors (Lipinski definition) is 2. The van der Waals surface area contributed by atoms with Crippen LogP contribution in [0.1, 0.15) is 19.8 Å². The van der Waals surface area contributed by atoms with Crippen LogP contribution in [0.25, 0.3) is 0 Å². The highest BCUT2D eigenvalue weighted by molar-refractivity contribution is 7.90. The lowest BCUT2D eigenvalue weighted by molar-refractivity contribution is -0.146. The van der Waals surface area contributed by atoms with E-state index in [1.54, 1.807) is 6.92 Å². The molecular weight excluding hydrogens is 272 g/mol. The molecule has 0 aliphatic carbocycles. The van der Waals surface area contributed by atoms with Gasteiger partial charge in [-0.25, -0.2) is 0 Å². The van der Waals surface area contributed by atoms with E-state index in [0.29, 0.717) is 25.1 Å². The summed E-state index contributed by atoms with van der Waals surface area (Å²) < 4.78 is 32.8. The van der Waals surface area contributed by atoms with Crippen molar-refractivity contribution in [3.8, 4) is 0 Å². The molecule has 106 valence electrons. The smallest absolute Gasteiger partial charge is 0.324 e. The molecule has 1 aliphatic rings. The van der Waals surface area contributed by atoms with Gasteiger partial charge in [-0.05, 0) is 19.8 Å². The number of nitrogens with zero attached hydrogens (tertiary/aromatic N) is 2. The largest absolute Gasteiger partial charge is 0.465 e. The van der Waals surface area contributed by atoms with E-state index in [2.05, 4.69) is 14.9 Å². The van der Waals surface area contributed by atoms with Crippen molar-refractivity contribution in [1.29, 1.82) is 0 Å². The second-order valence-corrected chi connectivity index (χ2v) is 5.74. The third-order valence-electron chi connectivity index (χ3n) is 2.82. The van der Waals surface area contributed by atoms with E-state index in [1.165, 1.54) is 12.4 Å². The Morgan fingerprint density at radius 1 is 1.68 bits per heavy atom. The maximum Gasteiger partial charge on any atom is 0.324 e. The molecule has 1 fully saturated rings. The molecule has 2 heterocycles. The van der Waals surface area contributed by atoms with Crippen LogP contribution < -0.4 is 4.72 Å². The van der Waals surface area contributed by atoms with Crippen molar-refractivity contribution in [3.63, 3.8) is 0 Å². The average molecular weight is 288 g/mol. The van der Waals surface area contributed by atoms with Gasteiger partial charge in [0.1, 0.15) is 6.04 Å². The molecule has 2 rings (SSSR count). The van der Waals surface area contributed by atoms with Gasteiger partial charge in [0.25, 0.3) is 0 Å². The van der Waals surface area contributed by atoms with Crippen LogP contribution in [0.15, 0.2) is 12.4 Å². The van der Waals surface area contributed by atoms with Crippen LogP contribution in [-0.2, 0) is 19.7 Å². The summed E-state index contributed by atoms with van der Waals surface area (Å²) >= 11 is 0. The van der Waals surface area contributed by atoms with Crippen molar-refractivity contribution in [2.75, 3.05) is 17.9 Å². The Bertz CT molecular complexity index is 528. The SMILES string of the molecule is CCOC(=O)C1CCCN1S(=O)(=O)Nc1cn[nH]c1. The molecule has 1 atom stereocenters. The molecule has 9 heteroatoms. The first-order valence-electron chi connectivity index (χ1n) is 5.99. The van der Waals surface area contributed by atoms with Crippen molar-refractivity contribution >= 4 is 21.9 Å². The fraction of sp³-hybridized carbons (Fsp3) is 0.600. The third-order valence-corrected chi connectivity index (χ3v) is 4.36. The summed E-state index contributed by atoms with van der Waals surface area (Å²) in [6, 6.07) is -0.746. The molecule has 1 aliphatic heterocycles. The third kappa shape index (κ3) is 3.04. The van der Waals surface area contributed by atoms with Gasteiger partial charge in [0.05, 0.1) is 18.5 Å². The average Bonchev–Trinajstić information content (AvgIpc) is 2.98. The molecule has 19 heavy (non-hydrogen) atoms. The molecule has 0 radical (unpaired) electrons. The summed E-state index contributed by atoms with van der Waals surface area (Å²) in [7, 11) is -3.77. The van der Waals surface area contributed by atoms with Gasteiger partial charge < -0.3 is 4.74 Å². The predicted molar refractivity (Wildman–Crippen MR) is 67.5 cm³/mol. The molecule has 8 nitrogen and oxygen atoms in total. The number of aromatic nitrogens is 2. The van der Waals surface area contributed by atoms with Crippen molar-refractivity contribution < 1.29 is 17.9 Å². The number of H-pyrrole nitrogens is 1. The normalized spacial score (nSPS) is 20.4. The maximum absolute atomic E-state index is 12.2. The summed E-state index contributed by atoms with van der Waals surface area (Å²) in [4.78, 5) is 11.7. The van der Waals surface area contributed by atoms with E-state index in [4.69, 9.17) is 4.74 Å². The van der Waals surface area contributed by atoms with Gasteiger partial charge in [-0.1, -0.05) is 0 Å². The van der Waals surface area contributed by atoms with Crippen LogP contribution >= 0.6 is 0 Å². The summed E-state index contributed by atoms with van der Waals surface area (Å²) in [6.45, 7) is 2.23. The topological polar surface area (TPSA) is 104 Å². The van der Waals surface area contributed by atoms with Crippen LogP contribution in [0.4, 0.5) is 5.69 Å². The Morgan fingerprint density at radius 3 is 3.11 bits per heavy atom. The summed E-state index contributed by atoms with van der Waals surface area (Å²) in [5.74, 6) is -0.502. The zero-order valence-electron chi connectivity index (χ0n) is 10.5. The van der Waals surface area contributed by atoms with Crippen LogP contribution in [0.3, 0.4) is 0 Å². The molecule has 2 N–H and O–H groups in total. The summed E-state index contributed by atoms with van der Waals surface area (Å²) in [5, 5.41) is 6.16. The number of carbonyl (C=O) groups is 1. The van der Waals surface area contributed by atoms with Crippen molar-refractivity contribution in [3.05, 3.63) is 12.4 Å². The Kier molecular flexibility index (Phi) is 4.05. The molecule has 0 bridgehead atoms. The Hall–Kier alpha value is -1.61. The number of carbonyl (C=O) groups excluding carboxylic acids is 1. The lowest BCUT2D eigenvalue weighted by Gasteiger charge is -2.22. The van der Waals surface area contributed by atoms with Crippen LogP contribution in [0.2, 0.25) is 0 Å². The van der Waals surface area contributed by atoms with Gasteiger partial charge >= 0.3 is 16.2 Å². The van der Waals surface area contributed by atoms with Gasteiger partial charge in [-0.2, -0.15) is 17.8 Å². The number of nitrogens with one attached hydrogen (secondary N) is 2. The van der Waals surface area contributed by atoms with Crippen molar-refractivity contribution in [2.45, 2.75) is 25.8 Å². The minimum Gasteiger partial charge on any atom is -0.465 e.